The molecule has 0 saturated heterocycles. The van der Waals surface area contributed by atoms with Crippen molar-refractivity contribution in [1.29, 1.82) is 0 Å². The van der Waals surface area contributed by atoms with E-state index in [0.29, 0.717) is 12.5 Å². The van der Waals surface area contributed by atoms with Gasteiger partial charge in [-0.25, -0.2) is 0 Å². The smallest absolute Gasteiger partial charge is 0.0453 e. The second-order valence-electron chi connectivity index (χ2n) is 1.58. The Morgan fingerprint density at radius 1 is 1.29 bits per heavy atom. The summed E-state index contributed by atoms with van der Waals surface area (Å²) in [6, 6.07) is 0. The van der Waals surface area contributed by atoms with Crippen LogP contribution < -0.4 is 0 Å². The van der Waals surface area contributed by atoms with Crippen LogP contribution in [-0.4, -0.2) is 11.7 Å². The molecule has 0 radical (unpaired) electrons. The summed E-state index contributed by atoms with van der Waals surface area (Å²) in [6.07, 6.45) is 0. The predicted octanol–water partition coefficient (Wildman–Crippen LogP) is 0.630. The summed E-state index contributed by atoms with van der Waals surface area (Å²) in [5.41, 5.74) is 0. The van der Waals surface area contributed by atoms with Gasteiger partial charge in [0.2, 0.25) is 0 Å². The largest absolute Gasteiger partial charge is 0.396 e. The zero-order valence-corrected chi connectivity index (χ0v) is 11.1. The first-order valence-electron chi connectivity index (χ1n) is 1.88. The molecule has 0 aromatic heterocycles. The molecule has 0 heterocycles. The number of rotatable bonds is 1. The maximum absolute atomic E-state index is 8.14. The van der Waals surface area contributed by atoms with Crippen molar-refractivity contribution in [3.8, 4) is 0 Å². The molecule has 0 saturated carbocycles. The third-order valence-corrected chi connectivity index (χ3v) is 0.365. The Balaban J connectivity index is -0.0000000800. The van der Waals surface area contributed by atoms with Crippen LogP contribution in [0.25, 0.3) is 0 Å². The van der Waals surface area contributed by atoms with Crippen molar-refractivity contribution >= 4 is 0 Å². The van der Waals surface area contributed by atoms with Crippen LogP contribution in [0.2, 0.25) is 0 Å². The maximum Gasteiger partial charge on any atom is 0.0453 e. The van der Waals surface area contributed by atoms with Gasteiger partial charge in [0.25, 0.3) is 0 Å². The Hall–Kier alpha value is 1.21. The number of aliphatic hydroxyl groups excluding tert-OH is 1. The van der Waals surface area contributed by atoms with Crippen LogP contribution >= 0.6 is 0 Å². The average molecular weight is 205 g/mol. The molecule has 7 heavy (non-hydrogen) atoms. The molecule has 36 valence electrons. The second-order valence-corrected chi connectivity index (χ2v) is 1.58. The monoisotopic (exact) mass is 202 g/mol. The molecule has 0 aromatic carbocycles. The average Bonchev–Trinajstić information content (AvgIpc) is 1.38. The van der Waals surface area contributed by atoms with Gasteiger partial charge in [0.15, 0.2) is 0 Å². The van der Waals surface area contributed by atoms with Crippen molar-refractivity contribution in [2.45, 2.75) is 13.8 Å². The van der Waals surface area contributed by atoms with Crippen molar-refractivity contribution in [1.82, 2.24) is 0 Å². The van der Waals surface area contributed by atoms with E-state index >= 15 is 0 Å². The fourth-order valence-electron chi connectivity index (χ4n) is 0. The van der Waals surface area contributed by atoms with Crippen molar-refractivity contribution in [3.05, 3.63) is 0 Å². The Bertz CT molecular complexity index is 23.7. The molecule has 0 aliphatic carbocycles. The molecule has 3 heteroatoms. The summed E-state index contributed by atoms with van der Waals surface area (Å²) in [6.45, 7) is 4.25. The first kappa shape index (κ1) is 15.7. The third kappa shape index (κ3) is 19.0. The Morgan fingerprint density at radius 3 is 1.43 bits per heavy atom. The number of hydrogen-bond donors (Lipinski definition) is 1. The van der Waals surface area contributed by atoms with Crippen LogP contribution in [0.3, 0.4) is 0 Å². The first-order valence-corrected chi connectivity index (χ1v) is 1.88. The zero-order valence-electron chi connectivity index (χ0n) is 5.15. The van der Waals surface area contributed by atoms with Gasteiger partial charge in [0.05, 0.1) is 0 Å². The van der Waals surface area contributed by atoms with E-state index in [1.54, 1.807) is 0 Å². The fraction of sp³-hybridized carbons (Fsp3) is 1.00. The molecule has 1 nitrogen and oxygen atoms in total. The molecule has 0 aliphatic rings. The van der Waals surface area contributed by atoms with Crippen molar-refractivity contribution in [2.24, 2.45) is 5.92 Å². The number of aliphatic hydroxyl groups is 1. The Labute approximate surface area is 70.4 Å². The minimum Gasteiger partial charge on any atom is -0.396 e. The van der Waals surface area contributed by atoms with E-state index in [1.807, 2.05) is 13.8 Å². The Morgan fingerprint density at radius 2 is 1.43 bits per heavy atom. The maximum atomic E-state index is 8.14. The third-order valence-electron chi connectivity index (χ3n) is 0.365. The van der Waals surface area contributed by atoms with Gasteiger partial charge >= 0.3 is 0 Å². The fourth-order valence-corrected chi connectivity index (χ4v) is 0. The first-order chi connectivity index (χ1) is 2.27. The molecule has 0 rings (SSSR count). The van der Waals surface area contributed by atoms with Crippen LogP contribution in [0.1, 0.15) is 13.8 Å². The molecule has 0 fully saturated rings. The van der Waals surface area contributed by atoms with Gasteiger partial charge in [0, 0.05) is 45.6 Å². The standard InChI is InChI=1S/C4H10O.2Zn/c1-4(2)3-5;;/h4-5H,3H2,1-2H3;;. The van der Waals surface area contributed by atoms with Crippen LogP contribution in [0.4, 0.5) is 0 Å². The molecule has 0 bridgehead atoms. The van der Waals surface area contributed by atoms with E-state index < -0.39 is 0 Å². The molecule has 0 unspecified atom stereocenters. The van der Waals surface area contributed by atoms with Crippen molar-refractivity contribution in [3.63, 3.8) is 0 Å². The molecule has 0 aliphatic heterocycles. The van der Waals surface area contributed by atoms with Crippen LogP contribution in [0, 0.1) is 5.92 Å². The second kappa shape index (κ2) is 10.2. The predicted molar refractivity (Wildman–Crippen MR) is 21.9 cm³/mol. The van der Waals surface area contributed by atoms with Gasteiger partial charge in [-0.2, -0.15) is 0 Å². The van der Waals surface area contributed by atoms with Gasteiger partial charge in [0.1, 0.15) is 0 Å². The molecule has 0 aromatic rings. The van der Waals surface area contributed by atoms with E-state index in [0.717, 1.165) is 0 Å². The summed E-state index contributed by atoms with van der Waals surface area (Å²) in [7, 11) is 0. The van der Waals surface area contributed by atoms with Gasteiger partial charge in [-0.05, 0) is 5.92 Å². The van der Waals surface area contributed by atoms with Crippen molar-refractivity contribution < 1.29 is 44.1 Å². The molecule has 0 spiro atoms. The quantitative estimate of drug-likeness (QED) is 0.622. The van der Waals surface area contributed by atoms with Crippen LogP contribution in [0.15, 0.2) is 0 Å². The topological polar surface area (TPSA) is 20.2 Å². The normalized spacial score (nSPS) is 6.86. The minimum absolute atomic E-state index is 0. The summed E-state index contributed by atoms with van der Waals surface area (Å²) in [4.78, 5) is 0. The van der Waals surface area contributed by atoms with Crippen LogP contribution in [0.5, 0.6) is 0 Å². The van der Waals surface area contributed by atoms with Crippen LogP contribution in [-0.2, 0) is 39.0 Å². The van der Waals surface area contributed by atoms with Gasteiger partial charge in [-0.3, -0.25) is 0 Å². The summed E-state index contributed by atoms with van der Waals surface area (Å²) < 4.78 is 0. The SMILES string of the molecule is CC(C)CO.[Zn].[Zn]. The van der Waals surface area contributed by atoms with E-state index in [4.69, 9.17) is 5.11 Å². The van der Waals surface area contributed by atoms with Gasteiger partial charge < -0.3 is 5.11 Å². The van der Waals surface area contributed by atoms with E-state index in [-0.39, 0.29) is 39.0 Å². The van der Waals surface area contributed by atoms with E-state index in [1.165, 1.54) is 0 Å². The summed E-state index contributed by atoms with van der Waals surface area (Å²) in [5.74, 6) is 0.440. The Kier molecular flexibility index (Phi) is 23.0. The molecule has 0 atom stereocenters. The van der Waals surface area contributed by atoms with Gasteiger partial charge in [-0.15, -0.1) is 0 Å². The zero-order chi connectivity index (χ0) is 4.28. The summed E-state index contributed by atoms with van der Waals surface area (Å²) >= 11 is 0. The minimum atomic E-state index is 0. The molecule has 0 amide bonds. The van der Waals surface area contributed by atoms with Crippen molar-refractivity contribution in [2.75, 3.05) is 6.61 Å². The van der Waals surface area contributed by atoms with E-state index in [9.17, 15) is 0 Å². The van der Waals surface area contributed by atoms with Gasteiger partial charge in [-0.1, -0.05) is 13.8 Å². The summed E-state index contributed by atoms with van der Waals surface area (Å²) in [5, 5.41) is 8.14. The number of hydrogen-bond acceptors (Lipinski definition) is 1. The molecule has 1 N–H and O–H groups in total. The molecular weight excluding hydrogens is 195 g/mol. The van der Waals surface area contributed by atoms with E-state index in [2.05, 4.69) is 0 Å². The molecular formula is C4H10OZn2.